The van der Waals surface area contributed by atoms with E-state index in [-0.39, 0.29) is 11.3 Å². The number of halogens is 1. The van der Waals surface area contributed by atoms with Gasteiger partial charge in [0, 0.05) is 29.8 Å². The molecule has 12 heteroatoms. The molecule has 1 saturated heterocycles. The summed E-state index contributed by atoms with van der Waals surface area (Å²) >= 11 is 7.60. The minimum Gasteiger partial charge on any atom is -0.506 e. The molecule has 0 radical (unpaired) electrons. The molecule has 5 aromatic rings. The molecule has 2 aliphatic heterocycles. The third-order valence-electron chi connectivity index (χ3n) is 8.33. The monoisotopic (exact) mass is 631 g/mol. The minimum absolute atomic E-state index is 0.0492. The first kappa shape index (κ1) is 28.6. The van der Waals surface area contributed by atoms with Crippen molar-refractivity contribution in [2.45, 2.75) is 44.6 Å². The number of para-hydroxylation sites is 1. The van der Waals surface area contributed by atoms with Gasteiger partial charge < -0.3 is 23.9 Å². The standard InChI is InChI=1S/C32H30ClN5O5S/c1-32(27-7-6-21(33)14-35-27)42-26-5-3-4-23(30(26)43-32)19-8-10-37(11-9-19)17-28-36-29-24(38(28)16-22-15-34-18-44-22)12-20(13-25(29)39)31(40)41-2/h3-7,12-15,18-19,39H,8-11,16-17H2,1-2H3/t32-/m0/s1. The number of esters is 1. The van der Waals surface area contributed by atoms with Gasteiger partial charge in [-0.1, -0.05) is 23.7 Å². The number of pyridine rings is 1. The van der Waals surface area contributed by atoms with Gasteiger partial charge in [-0.15, -0.1) is 11.3 Å². The van der Waals surface area contributed by atoms with E-state index < -0.39 is 11.8 Å². The molecule has 226 valence electrons. The summed E-state index contributed by atoms with van der Waals surface area (Å²) in [5, 5.41) is 11.3. The lowest BCUT2D eigenvalue weighted by molar-refractivity contribution is -0.0722. The smallest absolute Gasteiger partial charge is 0.338 e. The zero-order valence-electron chi connectivity index (χ0n) is 24.2. The number of likely N-dealkylation sites (tertiary alicyclic amines) is 1. The van der Waals surface area contributed by atoms with Crippen molar-refractivity contribution in [3.05, 3.63) is 92.9 Å². The molecule has 0 bridgehead atoms. The number of imidazole rings is 1. The predicted molar refractivity (Wildman–Crippen MR) is 166 cm³/mol. The van der Waals surface area contributed by atoms with Gasteiger partial charge in [0.2, 0.25) is 0 Å². The Morgan fingerprint density at radius 2 is 2.00 bits per heavy atom. The van der Waals surface area contributed by atoms with Gasteiger partial charge in [-0.05, 0) is 62.2 Å². The second-order valence-corrected chi connectivity index (χ2v) is 12.6. The van der Waals surface area contributed by atoms with Crippen molar-refractivity contribution in [3.8, 4) is 17.2 Å². The van der Waals surface area contributed by atoms with E-state index in [0.29, 0.717) is 46.5 Å². The van der Waals surface area contributed by atoms with Crippen LogP contribution in [0.5, 0.6) is 17.2 Å². The Labute approximate surface area is 262 Å². The Balaban J connectivity index is 1.11. The van der Waals surface area contributed by atoms with E-state index in [0.717, 1.165) is 47.9 Å². The molecule has 1 fully saturated rings. The number of thiazole rings is 1. The summed E-state index contributed by atoms with van der Waals surface area (Å²) in [6.07, 6.45) is 5.29. The van der Waals surface area contributed by atoms with E-state index in [1.165, 1.54) is 13.2 Å². The number of nitrogens with zero attached hydrogens (tertiary/aromatic N) is 5. The molecule has 5 heterocycles. The van der Waals surface area contributed by atoms with Gasteiger partial charge in [0.25, 0.3) is 5.79 Å². The normalized spacial score (nSPS) is 18.6. The zero-order valence-corrected chi connectivity index (χ0v) is 25.8. The van der Waals surface area contributed by atoms with Crippen LogP contribution in [0, 0.1) is 0 Å². The number of ether oxygens (including phenoxy) is 3. The van der Waals surface area contributed by atoms with Gasteiger partial charge >= 0.3 is 5.97 Å². The number of aromatic nitrogens is 4. The molecular formula is C32H30ClN5O5S. The van der Waals surface area contributed by atoms with E-state index >= 15 is 0 Å². The van der Waals surface area contributed by atoms with Crippen LogP contribution in [0.25, 0.3) is 11.0 Å². The molecule has 0 spiro atoms. The number of phenolic OH excluding ortho intramolecular Hbond substituents is 1. The maximum absolute atomic E-state index is 12.3. The molecule has 10 nitrogen and oxygen atoms in total. The SMILES string of the molecule is COC(=O)c1cc(O)c2nc(CN3CCC(c4cccc5c4O[C@@](C)(c4ccc(Cl)cn4)O5)CC3)n(Cc3cncs3)c2c1. The fourth-order valence-corrected chi connectivity index (χ4v) is 6.78. The van der Waals surface area contributed by atoms with Crippen LogP contribution in [0.4, 0.5) is 0 Å². The van der Waals surface area contributed by atoms with Crippen LogP contribution in [0.15, 0.2) is 60.4 Å². The number of carbonyl (C=O) groups is 1. The summed E-state index contributed by atoms with van der Waals surface area (Å²) in [7, 11) is 1.32. The highest BCUT2D eigenvalue weighted by molar-refractivity contribution is 7.09. The van der Waals surface area contributed by atoms with Crippen LogP contribution in [-0.4, -0.2) is 55.7 Å². The van der Waals surface area contributed by atoms with Crippen LogP contribution in [0.3, 0.4) is 0 Å². The van der Waals surface area contributed by atoms with Crippen molar-refractivity contribution >= 4 is 39.9 Å². The zero-order chi connectivity index (χ0) is 30.4. The van der Waals surface area contributed by atoms with Gasteiger partial charge in [-0.3, -0.25) is 14.9 Å². The number of methoxy groups -OCH3 is 1. The number of hydrogen-bond acceptors (Lipinski definition) is 10. The molecule has 1 atom stereocenters. The van der Waals surface area contributed by atoms with E-state index in [2.05, 4.69) is 25.5 Å². The highest BCUT2D eigenvalue weighted by Gasteiger charge is 2.42. The molecule has 2 aromatic carbocycles. The number of fused-ring (bicyclic) bond motifs is 2. The van der Waals surface area contributed by atoms with Crippen LogP contribution in [-0.2, 0) is 23.6 Å². The molecule has 0 saturated carbocycles. The van der Waals surface area contributed by atoms with Crippen molar-refractivity contribution in [2.75, 3.05) is 20.2 Å². The lowest BCUT2D eigenvalue weighted by Crippen LogP contribution is -2.34. The predicted octanol–water partition coefficient (Wildman–Crippen LogP) is 6.11. The van der Waals surface area contributed by atoms with Gasteiger partial charge in [0.05, 0.1) is 41.8 Å². The summed E-state index contributed by atoms with van der Waals surface area (Å²) in [5.41, 5.74) is 5.00. The molecule has 2 aliphatic rings. The highest BCUT2D eigenvalue weighted by Crippen LogP contribution is 2.49. The van der Waals surface area contributed by atoms with E-state index in [4.69, 9.17) is 30.8 Å². The summed E-state index contributed by atoms with van der Waals surface area (Å²) in [6, 6.07) is 12.8. The third kappa shape index (κ3) is 5.25. The summed E-state index contributed by atoms with van der Waals surface area (Å²) in [6.45, 7) is 4.72. The number of rotatable bonds is 7. The summed E-state index contributed by atoms with van der Waals surface area (Å²) < 4.78 is 19.7. The van der Waals surface area contributed by atoms with Crippen molar-refractivity contribution in [1.82, 2.24) is 24.4 Å². The fourth-order valence-electron chi connectivity index (χ4n) is 6.08. The van der Waals surface area contributed by atoms with Crippen molar-refractivity contribution in [1.29, 1.82) is 0 Å². The van der Waals surface area contributed by atoms with Crippen LogP contribution in [0.1, 0.15) is 58.0 Å². The first-order valence-corrected chi connectivity index (χ1v) is 15.6. The topological polar surface area (TPSA) is 112 Å². The first-order chi connectivity index (χ1) is 21.3. The minimum atomic E-state index is -1.03. The maximum Gasteiger partial charge on any atom is 0.338 e. The molecule has 3 aromatic heterocycles. The Morgan fingerprint density at radius 1 is 1.16 bits per heavy atom. The maximum atomic E-state index is 12.3. The van der Waals surface area contributed by atoms with Gasteiger partial charge in [-0.25, -0.2) is 9.78 Å². The Bertz CT molecular complexity index is 1840. The van der Waals surface area contributed by atoms with E-state index in [1.807, 2.05) is 31.3 Å². The molecular weight excluding hydrogens is 602 g/mol. The first-order valence-electron chi connectivity index (χ1n) is 14.3. The Kier molecular flexibility index (Phi) is 7.39. The average Bonchev–Trinajstić information content (AvgIpc) is 3.76. The highest BCUT2D eigenvalue weighted by atomic mass is 35.5. The van der Waals surface area contributed by atoms with Gasteiger partial charge in [0.15, 0.2) is 11.5 Å². The van der Waals surface area contributed by atoms with Crippen LogP contribution >= 0.6 is 22.9 Å². The number of aromatic hydroxyl groups is 1. The molecule has 7 rings (SSSR count). The van der Waals surface area contributed by atoms with Crippen molar-refractivity contribution in [2.24, 2.45) is 0 Å². The van der Waals surface area contributed by atoms with Crippen molar-refractivity contribution < 1.29 is 24.1 Å². The number of benzene rings is 2. The number of hydrogen-bond donors (Lipinski definition) is 1. The molecule has 44 heavy (non-hydrogen) atoms. The third-order valence-corrected chi connectivity index (χ3v) is 9.32. The average molecular weight is 632 g/mol. The number of piperidine rings is 1. The molecule has 0 aliphatic carbocycles. The number of carbonyl (C=O) groups excluding carboxylic acids is 1. The Hall–Kier alpha value is -4.19. The number of phenols is 1. The molecule has 0 amide bonds. The van der Waals surface area contributed by atoms with E-state index in [1.54, 1.807) is 35.2 Å². The largest absolute Gasteiger partial charge is 0.506 e. The Morgan fingerprint density at radius 3 is 2.73 bits per heavy atom. The lowest BCUT2D eigenvalue weighted by Gasteiger charge is -2.32. The fraction of sp³-hybridized carbons (Fsp3) is 0.312. The van der Waals surface area contributed by atoms with Gasteiger partial charge in [0.1, 0.15) is 22.8 Å². The quantitative estimate of drug-likeness (QED) is 0.213. The van der Waals surface area contributed by atoms with Crippen LogP contribution < -0.4 is 9.47 Å². The second-order valence-electron chi connectivity index (χ2n) is 11.2. The van der Waals surface area contributed by atoms with Crippen molar-refractivity contribution in [3.63, 3.8) is 0 Å². The van der Waals surface area contributed by atoms with Crippen LogP contribution in [0.2, 0.25) is 5.02 Å². The van der Waals surface area contributed by atoms with Gasteiger partial charge in [-0.2, -0.15) is 0 Å². The van der Waals surface area contributed by atoms with E-state index in [9.17, 15) is 9.90 Å². The second kappa shape index (κ2) is 11.4. The molecule has 0 unspecified atom stereocenters. The lowest BCUT2D eigenvalue weighted by atomic mass is 9.88. The molecule has 1 N–H and O–H groups in total. The summed E-state index contributed by atoms with van der Waals surface area (Å²) in [5.74, 6) is 1.01. The summed E-state index contributed by atoms with van der Waals surface area (Å²) in [4.78, 5) is 29.2.